The smallest absolute Gasteiger partial charge is 0.217 e. The summed E-state index contributed by atoms with van der Waals surface area (Å²) in [5.74, 6) is -0.128. The minimum absolute atomic E-state index is 0.0418. The number of carbonyl (C=O) groups is 2. The number of Topliss-reactive ketones (excluding diaryl/α,β-unsaturated/α-hetero) is 1. The van der Waals surface area contributed by atoms with Crippen molar-refractivity contribution >= 4 is 11.7 Å². The molecule has 3 heteroatoms. The molecular weight excluding hydrogens is 142 g/mol. The van der Waals surface area contributed by atoms with Crippen LogP contribution in [-0.2, 0) is 9.59 Å². The second kappa shape index (κ2) is 5.65. The summed E-state index contributed by atoms with van der Waals surface area (Å²) >= 11 is 0. The molecule has 0 spiro atoms. The van der Waals surface area contributed by atoms with Crippen molar-refractivity contribution in [3.05, 3.63) is 12.7 Å². The van der Waals surface area contributed by atoms with Crippen molar-refractivity contribution in [2.45, 2.75) is 19.8 Å². The number of hydrogen-bond donors (Lipinski definition) is 1. The van der Waals surface area contributed by atoms with E-state index in [1.807, 2.05) is 0 Å². The van der Waals surface area contributed by atoms with Gasteiger partial charge in [-0.25, -0.2) is 0 Å². The molecule has 0 fully saturated rings. The summed E-state index contributed by atoms with van der Waals surface area (Å²) in [5.41, 5.74) is 0. The molecule has 11 heavy (non-hydrogen) atoms. The van der Waals surface area contributed by atoms with Crippen LogP contribution in [0.2, 0.25) is 0 Å². The Balaban J connectivity index is 3.37. The molecule has 0 aromatic carbocycles. The number of allylic oxidation sites excluding steroid dienone is 1. The van der Waals surface area contributed by atoms with E-state index in [4.69, 9.17) is 0 Å². The van der Waals surface area contributed by atoms with Crippen LogP contribution in [0.4, 0.5) is 0 Å². The van der Waals surface area contributed by atoms with Crippen LogP contribution < -0.4 is 5.32 Å². The van der Waals surface area contributed by atoms with Gasteiger partial charge in [0.05, 0.1) is 6.54 Å². The van der Waals surface area contributed by atoms with Crippen molar-refractivity contribution in [3.63, 3.8) is 0 Å². The molecular formula is C8H13NO2. The van der Waals surface area contributed by atoms with Gasteiger partial charge in [-0.15, -0.1) is 6.58 Å². The highest BCUT2D eigenvalue weighted by atomic mass is 16.2. The van der Waals surface area contributed by atoms with Crippen molar-refractivity contribution in [1.82, 2.24) is 5.32 Å². The first-order chi connectivity index (χ1) is 5.16. The molecule has 3 nitrogen and oxygen atoms in total. The summed E-state index contributed by atoms with van der Waals surface area (Å²) in [6.45, 7) is 5.02. The normalized spacial score (nSPS) is 8.82. The van der Waals surface area contributed by atoms with Crippen molar-refractivity contribution < 1.29 is 9.59 Å². The minimum Gasteiger partial charge on any atom is -0.349 e. The fourth-order valence-corrected chi connectivity index (χ4v) is 0.574. The van der Waals surface area contributed by atoms with Gasteiger partial charge in [-0.1, -0.05) is 6.08 Å². The molecule has 0 aliphatic rings. The maximum Gasteiger partial charge on any atom is 0.217 e. The summed E-state index contributed by atoms with van der Waals surface area (Å²) in [5, 5.41) is 2.43. The predicted molar refractivity (Wildman–Crippen MR) is 43.1 cm³/mol. The molecule has 0 unspecified atom stereocenters. The van der Waals surface area contributed by atoms with Crippen LogP contribution in [-0.4, -0.2) is 18.2 Å². The van der Waals surface area contributed by atoms with Gasteiger partial charge in [0, 0.05) is 13.3 Å². The fourth-order valence-electron chi connectivity index (χ4n) is 0.574. The van der Waals surface area contributed by atoms with Gasteiger partial charge in [0.1, 0.15) is 0 Å². The van der Waals surface area contributed by atoms with E-state index < -0.39 is 0 Å². The second-order valence-electron chi connectivity index (χ2n) is 2.28. The van der Waals surface area contributed by atoms with Gasteiger partial charge in [0.2, 0.25) is 5.91 Å². The van der Waals surface area contributed by atoms with Crippen molar-refractivity contribution in [2.75, 3.05) is 6.54 Å². The lowest BCUT2D eigenvalue weighted by Gasteiger charge is -1.98. The molecule has 0 atom stereocenters. The minimum atomic E-state index is -0.169. The van der Waals surface area contributed by atoms with Crippen LogP contribution >= 0.6 is 0 Å². The maximum atomic E-state index is 10.8. The fraction of sp³-hybridized carbons (Fsp3) is 0.500. The molecule has 0 rings (SSSR count). The van der Waals surface area contributed by atoms with Gasteiger partial charge in [-0.05, 0) is 6.42 Å². The predicted octanol–water partition coefficient (Wildman–Crippen LogP) is 0.658. The highest BCUT2D eigenvalue weighted by molar-refractivity contribution is 5.85. The third-order valence-corrected chi connectivity index (χ3v) is 1.16. The summed E-state index contributed by atoms with van der Waals surface area (Å²) in [4.78, 5) is 21.2. The van der Waals surface area contributed by atoms with Crippen LogP contribution in [0.5, 0.6) is 0 Å². The first kappa shape index (κ1) is 9.88. The number of amides is 1. The standard InChI is InChI=1S/C8H13NO2/c1-3-4-5-8(11)6-9-7(2)10/h3H,1,4-6H2,2H3,(H,9,10). The van der Waals surface area contributed by atoms with Crippen LogP contribution in [0.15, 0.2) is 12.7 Å². The Hall–Kier alpha value is -1.12. The van der Waals surface area contributed by atoms with Crippen LogP contribution in [0.25, 0.3) is 0 Å². The van der Waals surface area contributed by atoms with Gasteiger partial charge in [0.25, 0.3) is 0 Å². The van der Waals surface area contributed by atoms with Crippen molar-refractivity contribution in [2.24, 2.45) is 0 Å². The molecule has 0 aromatic heterocycles. The van der Waals surface area contributed by atoms with Crippen LogP contribution in [0.3, 0.4) is 0 Å². The molecule has 1 N–H and O–H groups in total. The summed E-state index contributed by atoms with van der Waals surface area (Å²) in [6.07, 6.45) is 2.83. The zero-order chi connectivity index (χ0) is 8.69. The largest absolute Gasteiger partial charge is 0.349 e. The summed E-state index contributed by atoms with van der Waals surface area (Å²) in [6, 6.07) is 0. The number of hydrogen-bond acceptors (Lipinski definition) is 2. The average molecular weight is 155 g/mol. The average Bonchev–Trinajstić information content (AvgIpc) is 1.97. The highest BCUT2D eigenvalue weighted by Crippen LogP contribution is 1.89. The molecule has 1 amide bonds. The number of rotatable bonds is 5. The maximum absolute atomic E-state index is 10.8. The van der Waals surface area contributed by atoms with Gasteiger partial charge in [-0.3, -0.25) is 9.59 Å². The lowest BCUT2D eigenvalue weighted by molar-refractivity contribution is -0.123. The molecule has 62 valence electrons. The SMILES string of the molecule is C=CCCC(=O)CNC(C)=O. The molecule has 0 aliphatic carbocycles. The Bertz CT molecular complexity index is 163. The van der Waals surface area contributed by atoms with E-state index in [1.165, 1.54) is 6.92 Å². The molecule has 0 radical (unpaired) electrons. The van der Waals surface area contributed by atoms with E-state index in [1.54, 1.807) is 6.08 Å². The lowest BCUT2D eigenvalue weighted by Crippen LogP contribution is -2.26. The Morgan fingerprint density at radius 2 is 2.18 bits per heavy atom. The van der Waals surface area contributed by atoms with E-state index in [2.05, 4.69) is 11.9 Å². The Kier molecular flexibility index (Phi) is 5.07. The van der Waals surface area contributed by atoms with E-state index in [0.29, 0.717) is 12.8 Å². The first-order valence-electron chi connectivity index (χ1n) is 3.54. The Morgan fingerprint density at radius 1 is 1.55 bits per heavy atom. The van der Waals surface area contributed by atoms with E-state index in [9.17, 15) is 9.59 Å². The zero-order valence-corrected chi connectivity index (χ0v) is 6.72. The molecule has 0 aromatic rings. The Morgan fingerprint density at radius 3 is 2.64 bits per heavy atom. The van der Waals surface area contributed by atoms with E-state index >= 15 is 0 Å². The molecule has 0 saturated heterocycles. The number of carbonyl (C=O) groups excluding carboxylic acids is 2. The van der Waals surface area contributed by atoms with Crippen LogP contribution in [0.1, 0.15) is 19.8 Å². The second-order valence-corrected chi connectivity index (χ2v) is 2.28. The van der Waals surface area contributed by atoms with E-state index in [0.717, 1.165) is 0 Å². The van der Waals surface area contributed by atoms with Gasteiger partial charge in [-0.2, -0.15) is 0 Å². The van der Waals surface area contributed by atoms with E-state index in [-0.39, 0.29) is 18.2 Å². The molecule has 0 saturated carbocycles. The first-order valence-corrected chi connectivity index (χ1v) is 3.54. The third-order valence-electron chi connectivity index (χ3n) is 1.16. The number of ketones is 1. The molecule has 0 aliphatic heterocycles. The summed E-state index contributed by atoms with van der Waals surface area (Å²) < 4.78 is 0. The lowest BCUT2D eigenvalue weighted by atomic mass is 10.2. The zero-order valence-electron chi connectivity index (χ0n) is 6.72. The van der Waals surface area contributed by atoms with Crippen LogP contribution in [0, 0.1) is 0 Å². The molecule has 0 heterocycles. The van der Waals surface area contributed by atoms with Gasteiger partial charge < -0.3 is 5.32 Å². The quantitative estimate of drug-likeness (QED) is 0.593. The third kappa shape index (κ3) is 6.77. The van der Waals surface area contributed by atoms with Crippen molar-refractivity contribution in [1.29, 1.82) is 0 Å². The van der Waals surface area contributed by atoms with Crippen molar-refractivity contribution in [3.8, 4) is 0 Å². The summed E-state index contributed by atoms with van der Waals surface area (Å²) in [7, 11) is 0. The van der Waals surface area contributed by atoms with Gasteiger partial charge in [0.15, 0.2) is 5.78 Å². The monoisotopic (exact) mass is 155 g/mol. The number of nitrogens with one attached hydrogen (secondary N) is 1. The topological polar surface area (TPSA) is 46.2 Å². The van der Waals surface area contributed by atoms with Gasteiger partial charge >= 0.3 is 0 Å². The Labute approximate surface area is 66.5 Å². The highest BCUT2D eigenvalue weighted by Gasteiger charge is 1.99. The molecule has 0 bridgehead atoms.